The summed E-state index contributed by atoms with van der Waals surface area (Å²) >= 11 is 0. The van der Waals surface area contributed by atoms with Gasteiger partial charge in [0.1, 0.15) is 29.1 Å². The molecule has 0 spiro atoms. The van der Waals surface area contributed by atoms with Crippen LogP contribution >= 0.6 is 0 Å². The van der Waals surface area contributed by atoms with Gasteiger partial charge in [0, 0.05) is 5.56 Å². The maximum absolute atomic E-state index is 12.0. The number of nitrogens with zero attached hydrogens (tertiary/aromatic N) is 3. The molecule has 1 aromatic heterocycles. The maximum Gasteiger partial charge on any atom is 0.289 e. The Morgan fingerprint density at radius 2 is 1.71 bits per heavy atom. The molecule has 6 heteroatoms. The van der Waals surface area contributed by atoms with Crippen LogP contribution in [0, 0.1) is 22.7 Å². The number of hydrogen-bond donors (Lipinski definition) is 2. The zero-order valence-electron chi connectivity index (χ0n) is 11.4. The first-order valence-corrected chi connectivity index (χ1v) is 6.28. The first-order valence-electron chi connectivity index (χ1n) is 6.28. The van der Waals surface area contributed by atoms with E-state index in [1.165, 1.54) is 0 Å². The van der Waals surface area contributed by atoms with Gasteiger partial charge in [0.2, 0.25) is 0 Å². The molecule has 0 amide bonds. The van der Waals surface area contributed by atoms with Crippen LogP contribution in [-0.4, -0.2) is 4.68 Å². The van der Waals surface area contributed by atoms with Gasteiger partial charge in [0.05, 0.1) is 0 Å². The van der Waals surface area contributed by atoms with E-state index in [9.17, 15) is 15.3 Å². The lowest BCUT2D eigenvalue weighted by Gasteiger charge is -2.12. The molecule has 6 nitrogen and oxygen atoms in total. The van der Waals surface area contributed by atoms with Gasteiger partial charge >= 0.3 is 0 Å². The zero-order chi connectivity index (χ0) is 15.6. The number of nitrogens with two attached hydrogens (primary N) is 2. The summed E-state index contributed by atoms with van der Waals surface area (Å²) in [7, 11) is 0. The minimum absolute atomic E-state index is 0.0258. The van der Waals surface area contributed by atoms with Crippen molar-refractivity contribution in [3.05, 3.63) is 51.3 Å². The van der Waals surface area contributed by atoms with Crippen LogP contribution in [0.3, 0.4) is 0 Å². The maximum atomic E-state index is 12.0. The van der Waals surface area contributed by atoms with Gasteiger partial charge in [-0.2, -0.15) is 10.5 Å². The Morgan fingerprint density at radius 1 is 1.14 bits per heavy atom. The SMILES string of the molecule is CCc1ccc(-c2c(C#N)c(N)n(N)c(=O)c2C#N)cc1. The predicted molar refractivity (Wildman–Crippen MR) is 79.5 cm³/mol. The molecule has 4 N–H and O–H groups in total. The number of aryl methyl sites for hydroxylation is 1. The van der Waals surface area contributed by atoms with Crippen LogP contribution in [-0.2, 0) is 6.42 Å². The average Bonchev–Trinajstić information content (AvgIpc) is 2.52. The molecule has 0 bridgehead atoms. The van der Waals surface area contributed by atoms with Crippen molar-refractivity contribution in [2.45, 2.75) is 13.3 Å². The summed E-state index contributed by atoms with van der Waals surface area (Å²) in [4.78, 5) is 12.0. The lowest BCUT2D eigenvalue weighted by Crippen LogP contribution is -2.33. The Kier molecular flexibility index (Phi) is 3.64. The predicted octanol–water partition coefficient (Wildman–Crippen LogP) is 1.12. The van der Waals surface area contributed by atoms with Gasteiger partial charge in [-0.25, -0.2) is 4.68 Å². The van der Waals surface area contributed by atoms with Gasteiger partial charge in [0.25, 0.3) is 5.56 Å². The average molecular weight is 279 g/mol. The first-order chi connectivity index (χ1) is 10.0. The van der Waals surface area contributed by atoms with Gasteiger partial charge in [0.15, 0.2) is 0 Å². The molecule has 0 radical (unpaired) electrons. The van der Waals surface area contributed by atoms with Crippen molar-refractivity contribution in [2.75, 3.05) is 11.6 Å². The van der Waals surface area contributed by atoms with Crippen molar-refractivity contribution >= 4 is 5.82 Å². The van der Waals surface area contributed by atoms with E-state index in [-0.39, 0.29) is 22.5 Å². The molecule has 0 aliphatic carbocycles. The highest BCUT2D eigenvalue weighted by atomic mass is 16.1. The molecule has 104 valence electrons. The van der Waals surface area contributed by atoms with Crippen LogP contribution in [0.4, 0.5) is 5.82 Å². The van der Waals surface area contributed by atoms with Crippen LogP contribution in [0.25, 0.3) is 11.1 Å². The van der Waals surface area contributed by atoms with E-state index in [1.807, 2.05) is 31.2 Å². The van der Waals surface area contributed by atoms with E-state index in [0.717, 1.165) is 12.0 Å². The molecule has 21 heavy (non-hydrogen) atoms. The lowest BCUT2D eigenvalue weighted by molar-refractivity contribution is 0.942. The molecule has 0 aliphatic heterocycles. The molecule has 1 heterocycles. The number of rotatable bonds is 2. The molecule has 0 saturated carbocycles. The van der Waals surface area contributed by atoms with Crippen molar-refractivity contribution in [2.24, 2.45) is 0 Å². The molecular weight excluding hydrogens is 266 g/mol. The molecule has 0 aliphatic rings. The van der Waals surface area contributed by atoms with Crippen LogP contribution in [0.15, 0.2) is 29.1 Å². The van der Waals surface area contributed by atoms with Crippen molar-refractivity contribution in [3.63, 3.8) is 0 Å². The normalized spacial score (nSPS) is 9.86. The number of hydrogen-bond acceptors (Lipinski definition) is 5. The molecule has 0 saturated heterocycles. The monoisotopic (exact) mass is 279 g/mol. The second-order valence-electron chi connectivity index (χ2n) is 4.46. The van der Waals surface area contributed by atoms with Crippen LogP contribution in [0.2, 0.25) is 0 Å². The van der Waals surface area contributed by atoms with E-state index < -0.39 is 5.56 Å². The Balaban J connectivity index is 2.87. The quantitative estimate of drug-likeness (QED) is 0.797. The molecule has 0 fully saturated rings. The Morgan fingerprint density at radius 3 is 2.19 bits per heavy atom. The summed E-state index contributed by atoms with van der Waals surface area (Å²) in [6.07, 6.45) is 0.864. The van der Waals surface area contributed by atoms with Crippen LogP contribution in [0.1, 0.15) is 23.6 Å². The van der Waals surface area contributed by atoms with Crippen molar-refractivity contribution in [1.29, 1.82) is 10.5 Å². The fourth-order valence-corrected chi connectivity index (χ4v) is 2.12. The highest BCUT2D eigenvalue weighted by molar-refractivity contribution is 5.80. The molecule has 0 unspecified atom stereocenters. The molecule has 2 aromatic rings. The lowest BCUT2D eigenvalue weighted by atomic mass is 9.95. The van der Waals surface area contributed by atoms with E-state index in [4.69, 9.17) is 11.6 Å². The number of anilines is 1. The summed E-state index contributed by atoms with van der Waals surface area (Å²) in [6.45, 7) is 2.02. The van der Waals surface area contributed by atoms with E-state index in [2.05, 4.69) is 0 Å². The summed E-state index contributed by atoms with van der Waals surface area (Å²) in [5, 5.41) is 18.5. The highest BCUT2D eigenvalue weighted by Gasteiger charge is 2.20. The molecule has 0 atom stereocenters. The second kappa shape index (κ2) is 5.40. The highest BCUT2D eigenvalue weighted by Crippen LogP contribution is 2.28. The van der Waals surface area contributed by atoms with Gasteiger partial charge in [-0.1, -0.05) is 31.2 Å². The van der Waals surface area contributed by atoms with E-state index in [1.54, 1.807) is 12.1 Å². The summed E-state index contributed by atoms with van der Waals surface area (Å²) in [5.41, 5.74) is 6.76. The summed E-state index contributed by atoms with van der Waals surface area (Å²) in [6, 6.07) is 11.0. The number of nitrogen functional groups attached to an aromatic ring is 2. The van der Waals surface area contributed by atoms with Gasteiger partial charge in [-0.05, 0) is 17.5 Å². The molecule has 1 aromatic carbocycles. The number of nitriles is 2. The number of aromatic nitrogens is 1. The zero-order valence-corrected chi connectivity index (χ0v) is 11.4. The van der Waals surface area contributed by atoms with Gasteiger partial charge < -0.3 is 11.6 Å². The van der Waals surface area contributed by atoms with E-state index >= 15 is 0 Å². The molecule has 2 rings (SSSR count). The standard InChI is InChI=1S/C15H13N5O/c1-2-9-3-5-10(6-4-9)13-11(7-16)14(18)20(19)15(21)12(13)8-17/h3-6H,2,18-19H2,1H3. The fourth-order valence-electron chi connectivity index (χ4n) is 2.12. The third-order valence-corrected chi connectivity index (χ3v) is 3.32. The van der Waals surface area contributed by atoms with Gasteiger partial charge in [-0.3, -0.25) is 4.79 Å². The summed E-state index contributed by atoms with van der Waals surface area (Å²) in [5.74, 6) is 5.35. The first kappa shape index (κ1) is 14.2. The van der Waals surface area contributed by atoms with Crippen molar-refractivity contribution in [1.82, 2.24) is 4.68 Å². The number of pyridine rings is 1. The number of benzene rings is 1. The Hall–Kier alpha value is -3.25. The Bertz CT molecular complexity index is 835. The second-order valence-corrected chi connectivity index (χ2v) is 4.46. The largest absolute Gasteiger partial charge is 0.382 e. The van der Waals surface area contributed by atoms with Crippen LogP contribution < -0.4 is 17.1 Å². The fraction of sp³-hybridized carbons (Fsp3) is 0.133. The van der Waals surface area contributed by atoms with Crippen LogP contribution in [0.5, 0.6) is 0 Å². The minimum Gasteiger partial charge on any atom is -0.382 e. The summed E-state index contributed by atoms with van der Waals surface area (Å²) < 4.78 is 0.626. The van der Waals surface area contributed by atoms with E-state index in [0.29, 0.717) is 10.2 Å². The van der Waals surface area contributed by atoms with Crippen molar-refractivity contribution in [3.8, 4) is 23.3 Å². The topological polar surface area (TPSA) is 122 Å². The third kappa shape index (κ3) is 2.19. The Labute approximate surface area is 121 Å². The minimum atomic E-state index is -0.719. The molecular formula is C15H13N5O. The smallest absolute Gasteiger partial charge is 0.289 e. The van der Waals surface area contributed by atoms with Gasteiger partial charge in [-0.15, -0.1) is 0 Å². The van der Waals surface area contributed by atoms with Crippen molar-refractivity contribution < 1.29 is 0 Å². The third-order valence-electron chi connectivity index (χ3n) is 3.32.